The van der Waals surface area contributed by atoms with Crippen LogP contribution in [0, 0.1) is 11.8 Å². The highest BCUT2D eigenvalue weighted by molar-refractivity contribution is 6.42. The van der Waals surface area contributed by atoms with E-state index in [2.05, 4.69) is 11.8 Å². The molecule has 0 heterocycles. The van der Waals surface area contributed by atoms with E-state index >= 15 is 0 Å². The molecule has 0 bridgehead atoms. The lowest BCUT2D eigenvalue weighted by molar-refractivity contribution is 0.105. The number of halogens is 2. The van der Waals surface area contributed by atoms with E-state index in [1.54, 1.807) is 12.1 Å². The van der Waals surface area contributed by atoms with Crippen LogP contribution in [0.1, 0.15) is 15.9 Å². The molecule has 2 aromatic rings. The number of Topliss-reactive ketones (excluding diaryl/α,β-unsaturated/α-hetero) is 1. The second kappa shape index (κ2) is 5.73. The van der Waals surface area contributed by atoms with Gasteiger partial charge in [-0.2, -0.15) is 0 Å². The van der Waals surface area contributed by atoms with Crippen molar-refractivity contribution in [2.75, 3.05) is 0 Å². The zero-order chi connectivity index (χ0) is 13.0. The van der Waals surface area contributed by atoms with Gasteiger partial charge in [0.2, 0.25) is 5.78 Å². The lowest BCUT2D eigenvalue weighted by Crippen LogP contribution is -1.94. The Morgan fingerprint density at radius 3 is 2.33 bits per heavy atom. The second-order valence-electron chi connectivity index (χ2n) is 3.57. The van der Waals surface area contributed by atoms with E-state index in [9.17, 15) is 4.79 Å². The van der Waals surface area contributed by atoms with E-state index in [1.807, 2.05) is 30.3 Å². The molecule has 0 amide bonds. The summed E-state index contributed by atoms with van der Waals surface area (Å²) in [5.41, 5.74) is 1.23. The van der Waals surface area contributed by atoms with Gasteiger partial charge < -0.3 is 0 Å². The molecule has 0 saturated heterocycles. The molecule has 0 saturated carbocycles. The summed E-state index contributed by atoms with van der Waals surface area (Å²) in [6, 6.07) is 14.0. The number of benzene rings is 2. The number of hydrogen-bond donors (Lipinski definition) is 0. The van der Waals surface area contributed by atoms with Crippen LogP contribution >= 0.6 is 23.2 Å². The van der Waals surface area contributed by atoms with Crippen LogP contribution < -0.4 is 0 Å². The summed E-state index contributed by atoms with van der Waals surface area (Å²) in [6.07, 6.45) is 0. The van der Waals surface area contributed by atoms with Crippen LogP contribution in [0.5, 0.6) is 0 Å². The summed E-state index contributed by atoms with van der Waals surface area (Å²) in [4.78, 5) is 11.8. The molecule has 0 spiro atoms. The van der Waals surface area contributed by atoms with Crippen LogP contribution in [0.4, 0.5) is 0 Å². The third-order valence-electron chi connectivity index (χ3n) is 2.28. The number of carbonyl (C=O) groups is 1. The smallest absolute Gasteiger partial charge is 0.236 e. The van der Waals surface area contributed by atoms with Crippen LogP contribution in [0.2, 0.25) is 10.0 Å². The van der Waals surface area contributed by atoms with Crippen LogP contribution in [-0.2, 0) is 0 Å². The third-order valence-corrected chi connectivity index (χ3v) is 3.01. The van der Waals surface area contributed by atoms with Gasteiger partial charge in [-0.1, -0.05) is 47.3 Å². The molecule has 2 aromatic carbocycles. The first-order valence-electron chi connectivity index (χ1n) is 5.23. The van der Waals surface area contributed by atoms with Gasteiger partial charge in [0.25, 0.3) is 0 Å². The molecular weight excluding hydrogens is 267 g/mol. The summed E-state index contributed by atoms with van der Waals surface area (Å²) in [5, 5.41) is 0.772. The van der Waals surface area contributed by atoms with Crippen LogP contribution in [-0.4, -0.2) is 5.78 Å². The van der Waals surface area contributed by atoms with Crippen molar-refractivity contribution in [2.45, 2.75) is 0 Å². The number of hydrogen-bond acceptors (Lipinski definition) is 1. The Labute approximate surface area is 115 Å². The van der Waals surface area contributed by atoms with E-state index in [4.69, 9.17) is 23.2 Å². The van der Waals surface area contributed by atoms with Gasteiger partial charge in [-0.15, -0.1) is 0 Å². The molecule has 1 nitrogen and oxygen atoms in total. The Morgan fingerprint density at radius 2 is 1.67 bits per heavy atom. The Bertz CT molecular complexity index is 637. The maximum absolute atomic E-state index is 11.8. The highest BCUT2D eigenvalue weighted by atomic mass is 35.5. The molecule has 88 valence electrons. The van der Waals surface area contributed by atoms with Crippen molar-refractivity contribution in [1.29, 1.82) is 0 Å². The van der Waals surface area contributed by atoms with Crippen LogP contribution in [0.15, 0.2) is 48.5 Å². The maximum Gasteiger partial charge on any atom is 0.236 e. The van der Waals surface area contributed by atoms with Crippen molar-refractivity contribution in [3.8, 4) is 11.8 Å². The van der Waals surface area contributed by atoms with Gasteiger partial charge in [0.15, 0.2) is 0 Å². The predicted molar refractivity (Wildman–Crippen MR) is 74.1 cm³/mol. The summed E-state index contributed by atoms with van der Waals surface area (Å²) >= 11 is 11.6. The van der Waals surface area contributed by atoms with E-state index in [0.717, 1.165) is 5.56 Å². The fraction of sp³-hybridized carbons (Fsp3) is 0. The topological polar surface area (TPSA) is 17.1 Å². The van der Waals surface area contributed by atoms with Gasteiger partial charge in [0, 0.05) is 11.1 Å². The lowest BCUT2D eigenvalue weighted by atomic mass is 10.1. The van der Waals surface area contributed by atoms with Crippen molar-refractivity contribution in [3.05, 3.63) is 69.7 Å². The van der Waals surface area contributed by atoms with Gasteiger partial charge >= 0.3 is 0 Å². The molecule has 18 heavy (non-hydrogen) atoms. The molecule has 3 heteroatoms. The van der Waals surface area contributed by atoms with Gasteiger partial charge in [0.1, 0.15) is 0 Å². The fourth-order valence-electron chi connectivity index (χ4n) is 1.36. The first-order valence-corrected chi connectivity index (χ1v) is 5.99. The maximum atomic E-state index is 11.8. The Balaban J connectivity index is 2.23. The molecule has 0 unspecified atom stereocenters. The average molecular weight is 275 g/mol. The van der Waals surface area contributed by atoms with Gasteiger partial charge in [-0.3, -0.25) is 4.79 Å². The van der Waals surface area contributed by atoms with E-state index in [-0.39, 0.29) is 5.78 Å². The van der Waals surface area contributed by atoms with Crippen molar-refractivity contribution in [1.82, 2.24) is 0 Å². The lowest BCUT2D eigenvalue weighted by Gasteiger charge is -1.97. The average Bonchev–Trinajstić information content (AvgIpc) is 2.40. The molecule has 0 radical (unpaired) electrons. The second-order valence-corrected chi connectivity index (χ2v) is 4.39. The summed E-state index contributed by atoms with van der Waals surface area (Å²) in [7, 11) is 0. The molecular formula is C15H8Cl2O. The van der Waals surface area contributed by atoms with E-state index in [0.29, 0.717) is 15.6 Å². The number of carbonyl (C=O) groups excluding carboxylic acids is 1. The summed E-state index contributed by atoms with van der Waals surface area (Å²) < 4.78 is 0. The molecule has 0 aliphatic carbocycles. The fourth-order valence-corrected chi connectivity index (χ4v) is 1.66. The van der Waals surface area contributed by atoms with E-state index < -0.39 is 0 Å². The highest BCUT2D eigenvalue weighted by Gasteiger charge is 2.05. The van der Waals surface area contributed by atoms with Gasteiger partial charge in [-0.25, -0.2) is 0 Å². The molecule has 0 aromatic heterocycles. The first-order chi connectivity index (χ1) is 8.66. The molecule has 2 rings (SSSR count). The van der Waals surface area contributed by atoms with Gasteiger partial charge in [0.05, 0.1) is 10.0 Å². The minimum Gasteiger partial charge on any atom is -0.279 e. The molecule has 0 aliphatic rings. The molecule has 0 atom stereocenters. The quantitative estimate of drug-likeness (QED) is 0.562. The zero-order valence-corrected chi connectivity index (χ0v) is 10.8. The highest BCUT2D eigenvalue weighted by Crippen LogP contribution is 2.22. The zero-order valence-electron chi connectivity index (χ0n) is 9.28. The number of rotatable bonds is 1. The largest absolute Gasteiger partial charge is 0.279 e. The summed E-state index contributed by atoms with van der Waals surface area (Å²) in [6.45, 7) is 0. The number of ketones is 1. The van der Waals surface area contributed by atoms with Crippen molar-refractivity contribution < 1.29 is 4.79 Å². The molecule has 0 fully saturated rings. The predicted octanol–water partition coefficient (Wildman–Crippen LogP) is 4.23. The third kappa shape index (κ3) is 3.13. The minimum absolute atomic E-state index is 0.280. The first kappa shape index (κ1) is 12.7. The summed E-state index contributed by atoms with van der Waals surface area (Å²) in [5.74, 6) is 5.09. The Morgan fingerprint density at radius 1 is 0.944 bits per heavy atom. The SMILES string of the molecule is O=C(C#Cc1ccccc1)c1ccc(Cl)c(Cl)c1. The Hall–Kier alpha value is -1.75. The Kier molecular flexibility index (Phi) is 4.04. The normalized spacial score (nSPS) is 9.44. The van der Waals surface area contributed by atoms with Gasteiger partial charge in [-0.05, 0) is 36.3 Å². The molecule has 0 aliphatic heterocycles. The minimum atomic E-state index is -0.280. The van der Waals surface area contributed by atoms with Crippen LogP contribution in [0.3, 0.4) is 0 Å². The standard InChI is InChI=1S/C15H8Cl2O/c16-13-8-7-12(10-14(13)17)15(18)9-6-11-4-2-1-3-5-11/h1-5,7-8,10H. The van der Waals surface area contributed by atoms with Crippen molar-refractivity contribution in [2.24, 2.45) is 0 Å². The van der Waals surface area contributed by atoms with Crippen molar-refractivity contribution >= 4 is 29.0 Å². The van der Waals surface area contributed by atoms with Crippen LogP contribution in [0.25, 0.3) is 0 Å². The molecule has 0 N–H and O–H groups in total. The monoisotopic (exact) mass is 274 g/mol. The van der Waals surface area contributed by atoms with E-state index in [1.165, 1.54) is 6.07 Å². The van der Waals surface area contributed by atoms with Crippen molar-refractivity contribution in [3.63, 3.8) is 0 Å².